The summed E-state index contributed by atoms with van der Waals surface area (Å²) in [4.78, 5) is 43.0. The van der Waals surface area contributed by atoms with Crippen LogP contribution >= 0.6 is 23.2 Å². The molecule has 40 heavy (non-hydrogen) atoms. The van der Waals surface area contributed by atoms with Gasteiger partial charge >= 0.3 is 6.18 Å². The smallest absolute Gasteiger partial charge is 0.452 e. The maximum atomic E-state index is 13.6. The zero-order chi connectivity index (χ0) is 29.4. The zero-order valence-electron chi connectivity index (χ0n) is 21.4. The molecule has 3 rings (SSSR count). The van der Waals surface area contributed by atoms with Crippen LogP contribution in [0.3, 0.4) is 0 Å². The first kappa shape index (κ1) is 30.9. The van der Waals surface area contributed by atoms with E-state index in [0.717, 1.165) is 0 Å². The number of pyridine rings is 1. The molecule has 212 valence electrons. The molecule has 0 saturated heterocycles. The second-order valence-corrected chi connectivity index (χ2v) is 10.1. The van der Waals surface area contributed by atoms with Crippen LogP contribution in [0.15, 0.2) is 73.1 Å². The Morgan fingerprint density at radius 2 is 1.57 bits per heavy atom. The quantitative estimate of drug-likeness (QED) is 0.305. The molecule has 0 aliphatic carbocycles. The lowest BCUT2D eigenvalue weighted by molar-refractivity contribution is -0.175. The molecule has 12 heteroatoms. The van der Waals surface area contributed by atoms with E-state index in [2.05, 4.69) is 15.6 Å². The van der Waals surface area contributed by atoms with E-state index in [0.29, 0.717) is 5.56 Å². The molecule has 3 aromatic rings. The number of rotatable bonds is 11. The van der Waals surface area contributed by atoms with Gasteiger partial charge in [-0.15, -0.1) is 0 Å². The summed E-state index contributed by atoms with van der Waals surface area (Å²) in [7, 11) is 0. The van der Waals surface area contributed by atoms with Gasteiger partial charge in [-0.25, -0.2) is 0 Å². The summed E-state index contributed by atoms with van der Waals surface area (Å²) >= 11 is 12.2. The number of aromatic nitrogens is 1. The third-order valence-electron chi connectivity index (χ3n) is 5.76. The summed E-state index contributed by atoms with van der Waals surface area (Å²) in [6.07, 6.45) is -3.27. The third kappa shape index (κ3) is 8.69. The van der Waals surface area contributed by atoms with Crippen molar-refractivity contribution < 1.29 is 32.3 Å². The van der Waals surface area contributed by atoms with Gasteiger partial charge in [0, 0.05) is 28.9 Å². The first-order valence-corrected chi connectivity index (χ1v) is 12.9. The Balaban J connectivity index is 1.92. The number of carbonyl (C=O) groups excluding carboxylic acids is 3. The number of amides is 2. The maximum absolute atomic E-state index is 13.6. The molecule has 1 unspecified atom stereocenters. The van der Waals surface area contributed by atoms with Gasteiger partial charge in [0.2, 0.25) is 5.91 Å². The van der Waals surface area contributed by atoms with Gasteiger partial charge in [-0.2, -0.15) is 13.2 Å². The summed E-state index contributed by atoms with van der Waals surface area (Å²) in [6.45, 7) is 2.75. The summed E-state index contributed by atoms with van der Waals surface area (Å²) < 4.78 is 45.5. The average molecular weight is 596 g/mol. The monoisotopic (exact) mass is 595 g/mol. The molecule has 2 amide bonds. The molecule has 0 aliphatic heterocycles. The van der Waals surface area contributed by atoms with Crippen molar-refractivity contribution in [2.45, 2.75) is 44.6 Å². The molecule has 3 atom stereocenters. The standard InChI is InChI=1S/C28H26Cl2F3N3O4/c1-16(2)23(25(37)28(31,32)33)35-27(39)24(18-8-4-3-5-9-18)36-26(38)22(11-17-7-6-10-34-15-17)40-21-13-19(29)12-20(30)14-21/h3-10,12-16,22-24H,11H2,1-2H3,(H,35,39)(H,36,38)/t22-,23-,24?/m0/s1. The number of nitrogens with zero attached hydrogens (tertiary/aromatic N) is 1. The fourth-order valence-electron chi connectivity index (χ4n) is 3.81. The Hall–Kier alpha value is -3.63. The average Bonchev–Trinajstić information content (AvgIpc) is 2.89. The SMILES string of the molecule is CC(C)[C@H](NC(=O)C(NC(=O)[C@H](Cc1cccnc1)Oc1cc(Cl)cc(Cl)c1)c1ccccc1)C(=O)C(F)(F)F. The second kappa shape index (κ2) is 13.6. The van der Waals surface area contributed by atoms with Crippen molar-refractivity contribution in [1.29, 1.82) is 0 Å². The number of halogens is 5. The minimum atomic E-state index is -5.16. The maximum Gasteiger partial charge on any atom is 0.452 e. The van der Waals surface area contributed by atoms with Crippen LogP contribution in [-0.4, -0.2) is 40.9 Å². The van der Waals surface area contributed by atoms with Gasteiger partial charge in [-0.1, -0.05) is 73.4 Å². The molecule has 0 radical (unpaired) electrons. The van der Waals surface area contributed by atoms with Crippen LogP contribution in [0.1, 0.15) is 31.0 Å². The first-order chi connectivity index (χ1) is 18.8. The van der Waals surface area contributed by atoms with Crippen LogP contribution in [0.25, 0.3) is 0 Å². The van der Waals surface area contributed by atoms with E-state index in [1.807, 2.05) is 0 Å². The zero-order valence-corrected chi connectivity index (χ0v) is 22.9. The molecule has 2 N–H and O–H groups in total. The van der Waals surface area contributed by atoms with Crippen molar-refractivity contribution in [3.8, 4) is 5.75 Å². The van der Waals surface area contributed by atoms with E-state index in [9.17, 15) is 27.6 Å². The van der Waals surface area contributed by atoms with Crippen LogP contribution in [0.2, 0.25) is 10.0 Å². The number of hydrogen-bond acceptors (Lipinski definition) is 5. The molecule has 0 fully saturated rings. The fourth-order valence-corrected chi connectivity index (χ4v) is 4.32. The van der Waals surface area contributed by atoms with Crippen LogP contribution < -0.4 is 15.4 Å². The van der Waals surface area contributed by atoms with Crippen LogP contribution in [0.4, 0.5) is 13.2 Å². The van der Waals surface area contributed by atoms with Crippen molar-refractivity contribution in [3.63, 3.8) is 0 Å². The highest BCUT2D eigenvalue weighted by molar-refractivity contribution is 6.34. The molecule has 0 saturated carbocycles. The lowest BCUT2D eigenvalue weighted by Gasteiger charge is -2.27. The molecule has 1 heterocycles. The van der Waals surface area contributed by atoms with E-state index in [1.165, 1.54) is 50.4 Å². The van der Waals surface area contributed by atoms with E-state index in [4.69, 9.17) is 27.9 Å². The fraction of sp³-hybridized carbons (Fsp3) is 0.286. The van der Waals surface area contributed by atoms with Gasteiger partial charge in [-0.05, 0) is 41.3 Å². The topological polar surface area (TPSA) is 97.4 Å². The lowest BCUT2D eigenvalue weighted by Crippen LogP contribution is -2.53. The molecular formula is C28H26Cl2F3N3O4. The van der Waals surface area contributed by atoms with Gasteiger partial charge in [0.05, 0.1) is 6.04 Å². The second-order valence-electron chi connectivity index (χ2n) is 9.22. The number of ether oxygens (including phenoxy) is 1. The van der Waals surface area contributed by atoms with Gasteiger partial charge in [0.1, 0.15) is 11.8 Å². The normalized spacial score (nSPS) is 13.7. The highest BCUT2D eigenvalue weighted by Crippen LogP contribution is 2.26. The Morgan fingerprint density at radius 1 is 0.925 bits per heavy atom. The molecule has 0 aliphatic rings. The number of nitrogens with one attached hydrogen (secondary N) is 2. The Bertz CT molecular complexity index is 1310. The largest absolute Gasteiger partial charge is 0.480 e. The summed E-state index contributed by atoms with van der Waals surface area (Å²) in [6, 6.07) is 12.4. The van der Waals surface area contributed by atoms with E-state index < -0.39 is 47.9 Å². The first-order valence-electron chi connectivity index (χ1n) is 12.1. The van der Waals surface area contributed by atoms with Crippen molar-refractivity contribution >= 4 is 40.8 Å². The predicted octanol–water partition coefficient (Wildman–Crippen LogP) is 5.51. The molecule has 2 aromatic carbocycles. The third-order valence-corrected chi connectivity index (χ3v) is 6.20. The van der Waals surface area contributed by atoms with Crippen molar-refractivity contribution in [2.24, 2.45) is 5.92 Å². The number of alkyl halides is 3. The molecule has 1 aromatic heterocycles. The van der Waals surface area contributed by atoms with E-state index in [1.54, 1.807) is 36.5 Å². The Labute approximate surface area is 239 Å². The van der Waals surface area contributed by atoms with Gasteiger partial charge in [0.25, 0.3) is 11.7 Å². The van der Waals surface area contributed by atoms with E-state index >= 15 is 0 Å². The minimum Gasteiger partial charge on any atom is -0.480 e. The van der Waals surface area contributed by atoms with Gasteiger partial charge in [-0.3, -0.25) is 19.4 Å². The highest BCUT2D eigenvalue weighted by Gasteiger charge is 2.45. The summed E-state index contributed by atoms with van der Waals surface area (Å²) in [5, 5.41) is 5.27. The minimum absolute atomic E-state index is 0.0219. The van der Waals surface area contributed by atoms with Gasteiger partial charge < -0.3 is 15.4 Å². The van der Waals surface area contributed by atoms with Crippen LogP contribution in [-0.2, 0) is 20.8 Å². The number of ketones is 1. The number of hydrogen-bond donors (Lipinski definition) is 2. The summed E-state index contributed by atoms with van der Waals surface area (Å²) in [5.41, 5.74) is 0.911. The van der Waals surface area contributed by atoms with Gasteiger partial charge in [0.15, 0.2) is 6.10 Å². The summed E-state index contributed by atoms with van der Waals surface area (Å²) in [5.74, 6) is -4.55. The number of carbonyl (C=O) groups is 3. The van der Waals surface area contributed by atoms with Crippen LogP contribution in [0.5, 0.6) is 5.75 Å². The number of Topliss-reactive ketones (excluding diaryl/α,β-unsaturated/α-hetero) is 1. The van der Waals surface area contributed by atoms with E-state index in [-0.39, 0.29) is 27.8 Å². The van der Waals surface area contributed by atoms with Crippen molar-refractivity contribution in [3.05, 3.63) is 94.2 Å². The lowest BCUT2D eigenvalue weighted by atomic mass is 9.97. The molecule has 0 bridgehead atoms. The van der Waals surface area contributed by atoms with Crippen molar-refractivity contribution in [2.75, 3.05) is 0 Å². The Kier molecular flexibility index (Phi) is 10.5. The van der Waals surface area contributed by atoms with Crippen LogP contribution in [0, 0.1) is 5.92 Å². The number of benzene rings is 2. The molecule has 0 spiro atoms. The molecular weight excluding hydrogens is 570 g/mol. The Morgan fingerprint density at radius 3 is 2.12 bits per heavy atom. The molecule has 7 nitrogen and oxygen atoms in total. The van der Waals surface area contributed by atoms with Crippen molar-refractivity contribution in [1.82, 2.24) is 15.6 Å². The predicted molar refractivity (Wildman–Crippen MR) is 144 cm³/mol. The highest BCUT2D eigenvalue weighted by atomic mass is 35.5.